The van der Waals surface area contributed by atoms with Crippen molar-refractivity contribution in [1.82, 2.24) is 0 Å². The van der Waals surface area contributed by atoms with Gasteiger partial charge in [0.25, 0.3) is 0 Å². The zero-order chi connectivity index (χ0) is 16.5. The fourth-order valence-corrected chi connectivity index (χ4v) is 3.08. The van der Waals surface area contributed by atoms with Crippen LogP contribution in [0.25, 0.3) is 0 Å². The number of halogens is 3. The highest BCUT2D eigenvalue weighted by molar-refractivity contribution is 5.83. The van der Waals surface area contributed by atoms with Gasteiger partial charge in [-0.05, 0) is 25.0 Å². The Morgan fingerprint density at radius 1 is 1.18 bits per heavy atom. The molecule has 0 aliphatic heterocycles. The standard InChI is InChI=1S/C15H17F3O4/c1-21-9-7-10(14(13(19)20)5-3-4-6-14)12(22-2)11(8-9)15(16,17)18/h7-8H,3-6H2,1-2H3,(H,19,20). The van der Waals surface area contributed by atoms with Crippen molar-refractivity contribution >= 4 is 5.97 Å². The SMILES string of the molecule is COc1cc(C(F)(F)F)c(OC)c(C2(C(=O)O)CCCC2)c1. The first-order valence-electron chi connectivity index (χ1n) is 6.83. The largest absolute Gasteiger partial charge is 0.497 e. The van der Waals surface area contributed by atoms with Gasteiger partial charge < -0.3 is 14.6 Å². The highest BCUT2D eigenvalue weighted by Crippen LogP contribution is 2.50. The zero-order valence-electron chi connectivity index (χ0n) is 12.3. The molecule has 0 aromatic heterocycles. The van der Waals surface area contributed by atoms with E-state index in [1.54, 1.807) is 0 Å². The number of carbonyl (C=O) groups is 1. The van der Waals surface area contributed by atoms with E-state index in [2.05, 4.69) is 0 Å². The molecule has 0 bridgehead atoms. The molecule has 0 saturated heterocycles. The van der Waals surface area contributed by atoms with Gasteiger partial charge in [-0.3, -0.25) is 4.79 Å². The summed E-state index contributed by atoms with van der Waals surface area (Å²) >= 11 is 0. The van der Waals surface area contributed by atoms with E-state index in [9.17, 15) is 23.1 Å². The lowest BCUT2D eigenvalue weighted by Gasteiger charge is -2.28. The van der Waals surface area contributed by atoms with Crippen molar-refractivity contribution in [3.63, 3.8) is 0 Å². The summed E-state index contributed by atoms with van der Waals surface area (Å²) in [6.07, 6.45) is -2.80. The third kappa shape index (κ3) is 2.60. The maximum atomic E-state index is 13.3. The van der Waals surface area contributed by atoms with Crippen molar-refractivity contribution in [3.8, 4) is 11.5 Å². The van der Waals surface area contributed by atoms with Crippen LogP contribution < -0.4 is 9.47 Å². The van der Waals surface area contributed by atoms with Crippen molar-refractivity contribution in [3.05, 3.63) is 23.3 Å². The number of hydrogen-bond acceptors (Lipinski definition) is 3. The van der Waals surface area contributed by atoms with Gasteiger partial charge in [-0.25, -0.2) is 0 Å². The molecule has 1 aliphatic rings. The summed E-state index contributed by atoms with van der Waals surface area (Å²) in [5.41, 5.74) is -2.34. The number of hydrogen-bond donors (Lipinski definition) is 1. The molecule has 1 saturated carbocycles. The molecule has 0 spiro atoms. The average Bonchev–Trinajstić information content (AvgIpc) is 2.95. The highest BCUT2D eigenvalue weighted by atomic mass is 19.4. The number of benzene rings is 1. The van der Waals surface area contributed by atoms with Crippen molar-refractivity contribution in [2.24, 2.45) is 0 Å². The van der Waals surface area contributed by atoms with Crippen LogP contribution in [0.4, 0.5) is 13.2 Å². The van der Waals surface area contributed by atoms with Gasteiger partial charge in [0.2, 0.25) is 0 Å². The molecule has 1 aliphatic carbocycles. The molecule has 0 radical (unpaired) electrons. The number of alkyl halides is 3. The van der Waals surface area contributed by atoms with Gasteiger partial charge in [0.15, 0.2) is 0 Å². The fourth-order valence-electron chi connectivity index (χ4n) is 3.08. The van der Waals surface area contributed by atoms with Crippen LogP contribution in [0.15, 0.2) is 12.1 Å². The van der Waals surface area contributed by atoms with Crippen LogP contribution in [-0.4, -0.2) is 25.3 Å². The fraction of sp³-hybridized carbons (Fsp3) is 0.533. The molecule has 0 heterocycles. The average molecular weight is 318 g/mol. The molecule has 0 atom stereocenters. The quantitative estimate of drug-likeness (QED) is 0.921. The third-order valence-electron chi connectivity index (χ3n) is 4.19. The minimum Gasteiger partial charge on any atom is -0.497 e. The van der Waals surface area contributed by atoms with Gasteiger partial charge in [-0.1, -0.05) is 12.8 Å². The predicted octanol–water partition coefficient (Wildman–Crippen LogP) is 3.62. The van der Waals surface area contributed by atoms with Crippen LogP contribution in [0.3, 0.4) is 0 Å². The van der Waals surface area contributed by atoms with Crippen molar-refractivity contribution in [2.75, 3.05) is 14.2 Å². The summed E-state index contributed by atoms with van der Waals surface area (Å²) < 4.78 is 49.7. The van der Waals surface area contributed by atoms with Gasteiger partial charge in [0, 0.05) is 5.56 Å². The van der Waals surface area contributed by atoms with Crippen LogP contribution in [0.1, 0.15) is 36.8 Å². The number of carboxylic acids is 1. The summed E-state index contributed by atoms with van der Waals surface area (Å²) in [6.45, 7) is 0. The third-order valence-corrected chi connectivity index (χ3v) is 4.19. The predicted molar refractivity (Wildman–Crippen MR) is 72.3 cm³/mol. The normalized spacial score (nSPS) is 17.3. The maximum absolute atomic E-state index is 13.3. The molecule has 2 rings (SSSR count). The number of carboxylic acid groups (broad SMARTS) is 1. The summed E-state index contributed by atoms with van der Waals surface area (Å²) in [6, 6.07) is 2.17. The van der Waals surface area contributed by atoms with E-state index in [-0.39, 0.29) is 24.2 Å². The summed E-state index contributed by atoms with van der Waals surface area (Å²) in [5.74, 6) is -1.60. The van der Waals surface area contributed by atoms with Crippen molar-refractivity contribution in [2.45, 2.75) is 37.3 Å². The molecule has 1 aromatic rings. The molecule has 1 aromatic carbocycles. The Morgan fingerprint density at radius 2 is 1.77 bits per heavy atom. The number of methoxy groups -OCH3 is 2. The molecular formula is C15H17F3O4. The number of rotatable bonds is 4. The van der Waals surface area contributed by atoms with E-state index in [1.165, 1.54) is 13.2 Å². The topological polar surface area (TPSA) is 55.8 Å². The van der Waals surface area contributed by atoms with Gasteiger partial charge in [0.05, 0.1) is 19.6 Å². The smallest absolute Gasteiger partial charge is 0.420 e. The Labute approximate surface area is 125 Å². The Kier molecular flexibility index (Phi) is 4.26. The van der Waals surface area contributed by atoms with Crippen molar-refractivity contribution in [1.29, 1.82) is 0 Å². The van der Waals surface area contributed by atoms with E-state index < -0.39 is 28.9 Å². The molecule has 0 amide bonds. The molecule has 22 heavy (non-hydrogen) atoms. The highest BCUT2D eigenvalue weighted by Gasteiger charge is 2.47. The Hall–Kier alpha value is -1.92. The van der Waals surface area contributed by atoms with Crippen molar-refractivity contribution < 1.29 is 32.5 Å². The van der Waals surface area contributed by atoms with Crippen LogP contribution in [0, 0.1) is 0 Å². The molecule has 1 N–H and O–H groups in total. The Morgan fingerprint density at radius 3 is 2.18 bits per heavy atom. The van der Waals surface area contributed by atoms with Crippen LogP contribution in [-0.2, 0) is 16.4 Å². The van der Waals surface area contributed by atoms with Gasteiger partial charge in [-0.2, -0.15) is 13.2 Å². The van der Waals surface area contributed by atoms with E-state index in [0.717, 1.165) is 13.2 Å². The van der Waals surface area contributed by atoms with E-state index in [4.69, 9.17) is 9.47 Å². The summed E-state index contributed by atoms with van der Waals surface area (Å²) in [7, 11) is 2.36. The molecular weight excluding hydrogens is 301 g/mol. The number of ether oxygens (including phenoxy) is 2. The molecule has 122 valence electrons. The molecule has 4 nitrogen and oxygen atoms in total. The second-order valence-corrected chi connectivity index (χ2v) is 5.35. The van der Waals surface area contributed by atoms with Crippen LogP contribution >= 0.6 is 0 Å². The van der Waals surface area contributed by atoms with Gasteiger partial charge in [-0.15, -0.1) is 0 Å². The Balaban J connectivity index is 2.76. The lowest BCUT2D eigenvalue weighted by molar-refractivity contribution is -0.144. The zero-order valence-corrected chi connectivity index (χ0v) is 12.3. The monoisotopic (exact) mass is 318 g/mol. The van der Waals surface area contributed by atoms with Crippen LogP contribution in [0.2, 0.25) is 0 Å². The second kappa shape index (κ2) is 5.70. The minimum absolute atomic E-state index is 0.0318. The van der Waals surface area contributed by atoms with E-state index >= 15 is 0 Å². The summed E-state index contributed by atoms with van der Waals surface area (Å²) in [4.78, 5) is 11.8. The van der Waals surface area contributed by atoms with Gasteiger partial charge in [0.1, 0.15) is 17.1 Å². The van der Waals surface area contributed by atoms with E-state index in [1.807, 2.05) is 0 Å². The lowest BCUT2D eigenvalue weighted by atomic mass is 9.77. The maximum Gasteiger partial charge on any atom is 0.420 e. The first-order valence-corrected chi connectivity index (χ1v) is 6.83. The summed E-state index contributed by atoms with van der Waals surface area (Å²) in [5, 5.41) is 9.62. The number of aliphatic carboxylic acids is 1. The Bertz CT molecular complexity index is 575. The van der Waals surface area contributed by atoms with E-state index in [0.29, 0.717) is 12.8 Å². The first-order chi connectivity index (χ1) is 10.3. The molecule has 1 fully saturated rings. The second-order valence-electron chi connectivity index (χ2n) is 5.35. The van der Waals surface area contributed by atoms with Gasteiger partial charge >= 0.3 is 12.1 Å². The van der Waals surface area contributed by atoms with Crippen LogP contribution in [0.5, 0.6) is 11.5 Å². The molecule has 0 unspecified atom stereocenters. The minimum atomic E-state index is -4.66. The lowest BCUT2D eigenvalue weighted by Crippen LogP contribution is -2.33. The first kappa shape index (κ1) is 16.5. The molecule has 7 heteroatoms.